The number of nitriles is 1. The van der Waals surface area contributed by atoms with Crippen LogP contribution in [0.4, 0.5) is 0 Å². The number of hydrogen-bond acceptors (Lipinski definition) is 3. The van der Waals surface area contributed by atoms with Gasteiger partial charge >= 0.3 is 0 Å². The van der Waals surface area contributed by atoms with E-state index in [2.05, 4.69) is 20.9 Å². The third-order valence-corrected chi connectivity index (χ3v) is 3.83. The van der Waals surface area contributed by atoms with Crippen LogP contribution in [0.2, 0.25) is 5.02 Å². The number of aromatic nitrogens is 1. The predicted molar refractivity (Wildman–Crippen MR) is 76.1 cm³/mol. The summed E-state index contributed by atoms with van der Waals surface area (Å²) in [6.45, 7) is 0. The third-order valence-electron chi connectivity index (χ3n) is 2.61. The second kappa shape index (κ2) is 5.96. The van der Waals surface area contributed by atoms with E-state index in [1.807, 2.05) is 6.07 Å². The number of hydrogen-bond donors (Lipinski definition) is 0. The van der Waals surface area contributed by atoms with E-state index < -0.39 is 5.92 Å². The number of carbonyl (C=O) groups excluding carboxylic acids is 1. The van der Waals surface area contributed by atoms with Gasteiger partial charge in [0.2, 0.25) is 0 Å². The van der Waals surface area contributed by atoms with Gasteiger partial charge in [-0.15, -0.1) is 0 Å². The molecule has 5 heteroatoms. The van der Waals surface area contributed by atoms with Crippen LogP contribution >= 0.6 is 27.5 Å². The summed E-state index contributed by atoms with van der Waals surface area (Å²) in [5, 5.41) is 9.72. The van der Waals surface area contributed by atoms with Crippen molar-refractivity contribution in [1.82, 2.24) is 4.98 Å². The SMILES string of the molecule is N#CC(C(=O)c1ccc(Cl)c(Br)c1)c1cccnc1. The van der Waals surface area contributed by atoms with E-state index >= 15 is 0 Å². The molecular formula is C14H8BrClN2O. The van der Waals surface area contributed by atoms with Crippen molar-refractivity contribution in [3.63, 3.8) is 0 Å². The Bertz CT molecular complexity index is 652. The van der Waals surface area contributed by atoms with Crippen LogP contribution in [0.25, 0.3) is 0 Å². The van der Waals surface area contributed by atoms with Gasteiger partial charge in [-0.1, -0.05) is 17.7 Å². The van der Waals surface area contributed by atoms with E-state index in [-0.39, 0.29) is 5.78 Å². The Morgan fingerprint density at radius 2 is 2.21 bits per heavy atom. The molecule has 0 spiro atoms. The molecule has 1 heterocycles. The fraction of sp³-hybridized carbons (Fsp3) is 0.0714. The zero-order valence-corrected chi connectivity index (χ0v) is 12.0. The average Bonchev–Trinajstić information content (AvgIpc) is 2.44. The molecule has 1 aromatic carbocycles. The molecule has 1 atom stereocenters. The van der Waals surface area contributed by atoms with Crippen LogP contribution in [-0.2, 0) is 0 Å². The van der Waals surface area contributed by atoms with Gasteiger partial charge in [0, 0.05) is 22.4 Å². The number of carbonyl (C=O) groups is 1. The smallest absolute Gasteiger partial charge is 0.184 e. The number of Topliss-reactive ketones (excluding diaryl/α,β-unsaturated/α-hetero) is 1. The van der Waals surface area contributed by atoms with Crippen molar-refractivity contribution in [1.29, 1.82) is 5.26 Å². The lowest BCUT2D eigenvalue weighted by Gasteiger charge is -2.08. The highest BCUT2D eigenvalue weighted by Gasteiger charge is 2.22. The standard InChI is InChI=1S/C14H8BrClN2O/c15-12-6-9(3-4-13(12)16)14(19)11(7-17)10-2-1-5-18-8-10/h1-6,8,11H. The number of halogens is 2. The average molecular weight is 336 g/mol. The highest BCUT2D eigenvalue weighted by atomic mass is 79.9. The van der Waals surface area contributed by atoms with Crippen LogP contribution in [0.1, 0.15) is 21.8 Å². The molecule has 94 valence electrons. The van der Waals surface area contributed by atoms with E-state index in [1.54, 1.807) is 36.5 Å². The minimum Gasteiger partial charge on any atom is -0.292 e. The summed E-state index contributed by atoms with van der Waals surface area (Å²) in [4.78, 5) is 16.3. The van der Waals surface area contributed by atoms with Crippen molar-refractivity contribution in [2.45, 2.75) is 5.92 Å². The molecule has 0 radical (unpaired) electrons. The second-order valence-electron chi connectivity index (χ2n) is 3.84. The van der Waals surface area contributed by atoms with E-state index in [0.29, 0.717) is 20.6 Å². The summed E-state index contributed by atoms with van der Waals surface area (Å²) in [6.07, 6.45) is 3.12. The molecule has 0 N–H and O–H groups in total. The molecule has 0 aliphatic carbocycles. The number of pyridine rings is 1. The van der Waals surface area contributed by atoms with E-state index in [1.165, 1.54) is 6.20 Å². The Labute approximate surface area is 124 Å². The molecule has 3 nitrogen and oxygen atoms in total. The first kappa shape index (κ1) is 13.7. The van der Waals surface area contributed by atoms with Gasteiger partial charge in [0.15, 0.2) is 5.78 Å². The molecule has 2 rings (SSSR count). The highest BCUT2D eigenvalue weighted by molar-refractivity contribution is 9.10. The lowest BCUT2D eigenvalue weighted by molar-refractivity contribution is 0.0978. The van der Waals surface area contributed by atoms with E-state index in [4.69, 9.17) is 11.6 Å². The Morgan fingerprint density at radius 1 is 1.42 bits per heavy atom. The van der Waals surface area contributed by atoms with Gasteiger partial charge < -0.3 is 0 Å². The third kappa shape index (κ3) is 3.01. The van der Waals surface area contributed by atoms with Crippen LogP contribution < -0.4 is 0 Å². The van der Waals surface area contributed by atoms with Crippen LogP contribution in [0.15, 0.2) is 47.2 Å². The fourth-order valence-corrected chi connectivity index (χ4v) is 2.14. The largest absolute Gasteiger partial charge is 0.292 e. The summed E-state index contributed by atoms with van der Waals surface area (Å²) >= 11 is 9.14. The molecule has 0 aliphatic rings. The molecule has 0 fully saturated rings. The van der Waals surface area contributed by atoms with Gasteiger partial charge in [-0.3, -0.25) is 9.78 Å². The summed E-state index contributed by atoms with van der Waals surface area (Å²) in [6, 6.07) is 10.3. The first-order valence-corrected chi connectivity index (χ1v) is 6.59. The molecular weight excluding hydrogens is 328 g/mol. The normalized spacial score (nSPS) is 11.6. The van der Waals surface area contributed by atoms with Crippen LogP contribution in [0.3, 0.4) is 0 Å². The van der Waals surface area contributed by atoms with Crippen molar-refractivity contribution < 1.29 is 4.79 Å². The van der Waals surface area contributed by atoms with Gasteiger partial charge in [0.25, 0.3) is 0 Å². The summed E-state index contributed by atoms with van der Waals surface area (Å²) < 4.78 is 0.628. The lowest BCUT2D eigenvalue weighted by Crippen LogP contribution is -2.11. The summed E-state index contributed by atoms with van der Waals surface area (Å²) in [5.74, 6) is -1.13. The number of rotatable bonds is 3. The summed E-state index contributed by atoms with van der Waals surface area (Å²) in [7, 11) is 0. The van der Waals surface area contributed by atoms with Crippen molar-refractivity contribution in [3.05, 3.63) is 63.3 Å². The molecule has 19 heavy (non-hydrogen) atoms. The zero-order chi connectivity index (χ0) is 13.8. The van der Waals surface area contributed by atoms with Gasteiger partial charge in [0.05, 0.1) is 11.1 Å². The second-order valence-corrected chi connectivity index (χ2v) is 5.10. The van der Waals surface area contributed by atoms with Gasteiger partial charge in [-0.05, 0) is 45.8 Å². The molecule has 0 saturated carbocycles. The van der Waals surface area contributed by atoms with Crippen LogP contribution in [0.5, 0.6) is 0 Å². The van der Waals surface area contributed by atoms with Gasteiger partial charge in [-0.2, -0.15) is 5.26 Å². The van der Waals surface area contributed by atoms with Gasteiger partial charge in [-0.25, -0.2) is 0 Å². The lowest BCUT2D eigenvalue weighted by atomic mass is 9.93. The number of ketones is 1. The molecule has 0 saturated heterocycles. The molecule has 1 unspecified atom stereocenters. The van der Waals surface area contributed by atoms with E-state index in [0.717, 1.165) is 0 Å². The highest BCUT2D eigenvalue weighted by Crippen LogP contribution is 2.26. The van der Waals surface area contributed by atoms with Crippen LogP contribution in [-0.4, -0.2) is 10.8 Å². The molecule has 1 aromatic heterocycles. The maximum absolute atomic E-state index is 12.3. The first-order chi connectivity index (χ1) is 9.13. The van der Waals surface area contributed by atoms with Crippen LogP contribution in [0, 0.1) is 11.3 Å². The Balaban J connectivity index is 2.37. The quantitative estimate of drug-likeness (QED) is 0.797. The topological polar surface area (TPSA) is 53.8 Å². The predicted octanol–water partition coefficient (Wildman–Crippen LogP) is 3.99. The molecule has 0 bridgehead atoms. The molecule has 2 aromatic rings. The minimum absolute atomic E-state index is 0.270. The Hall–Kier alpha value is -1.70. The zero-order valence-electron chi connectivity index (χ0n) is 9.68. The Kier molecular flexibility index (Phi) is 4.31. The van der Waals surface area contributed by atoms with Crippen molar-refractivity contribution in [2.24, 2.45) is 0 Å². The maximum Gasteiger partial charge on any atom is 0.184 e. The monoisotopic (exact) mass is 334 g/mol. The van der Waals surface area contributed by atoms with Crippen molar-refractivity contribution in [3.8, 4) is 6.07 Å². The maximum atomic E-state index is 12.3. The molecule has 0 amide bonds. The fourth-order valence-electron chi connectivity index (χ4n) is 1.65. The number of benzene rings is 1. The first-order valence-electron chi connectivity index (χ1n) is 5.42. The van der Waals surface area contributed by atoms with Crippen molar-refractivity contribution >= 4 is 33.3 Å². The van der Waals surface area contributed by atoms with E-state index in [9.17, 15) is 10.1 Å². The number of nitrogens with zero attached hydrogens (tertiary/aromatic N) is 2. The molecule has 0 aliphatic heterocycles. The summed E-state index contributed by atoms with van der Waals surface area (Å²) in [5.41, 5.74) is 1.02. The van der Waals surface area contributed by atoms with Gasteiger partial charge in [0.1, 0.15) is 5.92 Å². The van der Waals surface area contributed by atoms with Crippen molar-refractivity contribution in [2.75, 3.05) is 0 Å². The Morgan fingerprint density at radius 3 is 2.79 bits per heavy atom. The minimum atomic E-state index is -0.859.